The highest BCUT2D eigenvalue weighted by Gasteiger charge is 2.26. The minimum atomic E-state index is -0.364. The zero-order valence-corrected chi connectivity index (χ0v) is 10.7. The number of nitrogens with two attached hydrogens (primary N) is 1. The molecular weight excluding hydrogens is 229 g/mol. The largest absolute Gasteiger partial charge is 0.328 e. The van der Waals surface area contributed by atoms with Crippen LogP contribution in [0.25, 0.3) is 0 Å². The van der Waals surface area contributed by atoms with Crippen molar-refractivity contribution in [3.05, 3.63) is 35.9 Å². The average Bonchev–Trinajstić information content (AvgIpc) is 2.27. The van der Waals surface area contributed by atoms with Gasteiger partial charge in [0, 0.05) is 6.54 Å². The van der Waals surface area contributed by atoms with Gasteiger partial charge in [0.2, 0.25) is 0 Å². The van der Waals surface area contributed by atoms with E-state index in [1.807, 2.05) is 18.2 Å². The van der Waals surface area contributed by atoms with Gasteiger partial charge in [-0.3, -0.25) is 0 Å². The van der Waals surface area contributed by atoms with E-state index in [0.29, 0.717) is 6.54 Å². The van der Waals surface area contributed by atoms with Crippen LogP contribution < -0.4 is 5.73 Å². The van der Waals surface area contributed by atoms with Crippen molar-refractivity contribution in [2.24, 2.45) is 5.73 Å². The van der Waals surface area contributed by atoms with Crippen LogP contribution in [-0.4, -0.2) is 6.54 Å². The van der Waals surface area contributed by atoms with Gasteiger partial charge in [0.05, 0.1) is 4.87 Å². The van der Waals surface area contributed by atoms with Crippen LogP contribution in [0.1, 0.15) is 31.7 Å². The summed E-state index contributed by atoms with van der Waals surface area (Å²) in [4.78, 5) is -0.364. The highest BCUT2D eigenvalue weighted by atomic mass is 35.5. The second-order valence-electron chi connectivity index (χ2n) is 3.64. The second-order valence-corrected chi connectivity index (χ2v) is 4.36. The molecule has 86 valence electrons. The van der Waals surface area contributed by atoms with Crippen molar-refractivity contribution in [3.63, 3.8) is 0 Å². The van der Waals surface area contributed by atoms with Gasteiger partial charge in [0.1, 0.15) is 0 Å². The molecule has 0 saturated heterocycles. The third-order valence-electron chi connectivity index (χ3n) is 2.54. The molecule has 0 aliphatic rings. The van der Waals surface area contributed by atoms with Crippen molar-refractivity contribution in [2.75, 3.05) is 6.54 Å². The first kappa shape index (κ1) is 14.8. The Labute approximate surface area is 103 Å². The number of hydrogen-bond donors (Lipinski definition) is 1. The summed E-state index contributed by atoms with van der Waals surface area (Å²) in [5.41, 5.74) is 6.88. The summed E-state index contributed by atoms with van der Waals surface area (Å²) in [6.45, 7) is 2.66. The minimum absolute atomic E-state index is 0. The number of rotatable bonds is 5. The molecule has 0 aliphatic carbocycles. The van der Waals surface area contributed by atoms with E-state index in [1.165, 1.54) is 0 Å². The molecule has 2 N–H and O–H groups in total. The quantitative estimate of drug-likeness (QED) is 0.790. The molecule has 0 radical (unpaired) electrons. The lowest BCUT2D eigenvalue weighted by Gasteiger charge is -2.25. The highest BCUT2D eigenvalue weighted by molar-refractivity contribution is 6.24. The second kappa shape index (κ2) is 7.10. The molecule has 1 aromatic rings. The molecule has 0 amide bonds. The fraction of sp³-hybridized carbons (Fsp3) is 0.500. The number of hydrogen-bond acceptors (Lipinski definition) is 1. The maximum atomic E-state index is 6.50. The van der Waals surface area contributed by atoms with Crippen LogP contribution in [0, 0.1) is 0 Å². The van der Waals surface area contributed by atoms with Gasteiger partial charge in [-0.2, -0.15) is 0 Å². The van der Waals surface area contributed by atoms with E-state index in [2.05, 4.69) is 19.1 Å². The lowest BCUT2D eigenvalue weighted by Crippen LogP contribution is -2.29. The molecule has 0 fully saturated rings. The number of benzene rings is 1. The first-order chi connectivity index (χ1) is 6.73. The Hall–Kier alpha value is -0.240. The number of halogens is 2. The summed E-state index contributed by atoms with van der Waals surface area (Å²) in [5.74, 6) is 0. The molecule has 1 atom stereocenters. The first-order valence-electron chi connectivity index (χ1n) is 5.17. The first-order valence-corrected chi connectivity index (χ1v) is 5.55. The fourth-order valence-corrected chi connectivity index (χ4v) is 1.82. The van der Waals surface area contributed by atoms with Crippen LogP contribution in [-0.2, 0) is 4.87 Å². The van der Waals surface area contributed by atoms with E-state index in [-0.39, 0.29) is 17.3 Å². The fourth-order valence-electron chi connectivity index (χ4n) is 1.56. The molecule has 3 heteroatoms. The molecule has 0 aromatic heterocycles. The van der Waals surface area contributed by atoms with E-state index in [4.69, 9.17) is 17.3 Å². The molecule has 0 saturated carbocycles. The topological polar surface area (TPSA) is 26.0 Å². The van der Waals surface area contributed by atoms with Crippen molar-refractivity contribution in [1.82, 2.24) is 0 Å². The zero-order valence-electron chi connectivity index (χ0n) is 9.08. The van der Waals surface area contributed by atoms with E-state index in [1.54, 1.807) is 0 Å². The summed E-state index contributed by atoms with van der Waals surface area (Å²) in [7, 11) is 0. The Bertz CT molecular complexity index is 264. The predicted octanol–water partition coefficient (Wildman–Crippen LogP) is 3.69. The molecule has 0 bridgehead atoms. The van der Waals surface area contributed by atoms with Gasteiger partial charge in [-0.05, 0) is 12.0 Å². The smallest absolute Gasteiger partial charge is 0.0816 e. The minimum Gasteiger partial charge on any atom is -0.328 e. The van der Waals surface area contributed by atoms with Crippen LogP contribution in [0.2, 0.25) is 0 Å². The Morgan fingerprint density at radius 1 is 1.27 bits per heavy atom. The Morgan fingerprint density at radius 3 is 2.33 bits per heavy atom. The summed E-state index contributed by atoms with van der Waals surface area (Å²) in [5, 5.41) is 0. The van der Waals surface area contributed by atoms with Crippen LogP contribution in [0.4, 0.5) is 0 Å². The SMILES string of the molecule is CCCCC(Cl)(CN)c1ccccc1.Cl. The maximum absolute atomic E-state index is 6.50. The molecule has 1 nitrogen and oxygen atoms in total. The third-order valence-corrected chi connectivity index (χ3v) is 3.10. The van der Waals surface area contributed by atoms with Gasteiger partial charge >= 0.3 is 0 Å². The highest BCUT2D eigenvalue weighted by Crippen LogP contribution is 2.33. The van der Waals surface area contributed by atoms with Gasteiger partial charge in [0.15, 0.2) is 0 Å². The van der Waals surface area contributed by atoms with Crippen molar-refractivity contribution in [3.8, 4) is 0 Å². The van der Waals surface area contributed by atoms with Crippen molar-refractivity contribution in [1.29, 1.82) is 0 Å². The van der Waals surface area contributed by atoms with Crippen LogP contribution >= 0.6 is 24.0 Å². The Kier molecular flexibility index (Phi) is 6.99. The van der Waals surface area contributed by atoms with Crippen molar-refractivity contribution in [2.45, 2.75) is 31.1 Å². The summed E-state index contributed by atoms with van der Waals surface area (Å²) in [6.07, 6.45) is 3.22. The molecule has 15 heavy (non-hydrogen) atoms. The van der Waals surface area contributed by atoms with Gasteiger partial charge in [-0.15, -0.1) is 24.0 Å². The van der Waals surface area contributed by atoms with Crippen LogP contribution in [0.5, 0.6) is 0 Å². The van der Waals surface area contributed by atoms with Crippen LogP contribution in [0.3, 0.4) is 0 Å². The molecule has 1 unspecified atom stereocenters. The van der Waals surface area contributed by atoms with Gasteiger partial charge in [0.25, 0.3) is 0 Å². The molecule has 0 heterocycles. The lowest BCUT2D eigenvalue weighted by atomic mass is 9.93. The molecule has 1 rings (SSSR count). The molecule has 1 aromatic carbocycles. The van der Waals surface area contributed by atoms with Gasteiger partial charge in [-0.25, -0.2) is 0 Å². The zero-order chi connectivity index (χ0) is 10.4. The van der Waals surface area contributed by atoms with Crippen molar-refractivity contribution < 1.29 is 0 Å². The van der Waals surface area contributed by atoms with Crippen molar-refractivity contribution >= 4 is 24.0 Å². The van der Waals surface area contributed by atoms with E-state index >= 15 is 0 Å². The van der Waals surface area contributed by atoms with Crippen LogP contribution in [0.15, 0.2) is 30.3 Å². The van der Waals surface area contributed by atoms with Gasteiger partial charge < -0.3 is 5.73 Å². The maximum Gasteiger partial charge on any atom is 0.0816 e. The predicted molar refractivity (Wildman–Crippen MR) is 69.8 cm³/mol. The summed E-state index contributed by atoms with van der Waals surface area (Å²) >= 11 is 6.50. The van der Waals surface area contributed by atoms with E-state index in [9.17, 15) is 0 Å². The third kappa shape index (κ3) is 4.02. The molecule has 0 spiro atoms. The Morgan fingerprint density at radius 2 is 1.87 bits per heavy atom. The lowest BCUT2D eigenvalue weighted by molar-refractivity contribution is 0.534. The van der Waals surface area contributed by atoms with E-state index < -0.39 is 0 Å². The Balaban J connectivity index is 0.00000196. The standard InChI is InChI=1S/C12H18ClN.ClH/c1-2-3-9-12(13,10-14)11-7-5-4-6-8-11;/h4-8H,2-3,9-10,14H2,1H3;1H. The average molecular weight is 248 g/mol. The number of unbranched alkanes of at least 4 members (excludes halogenated alkanes) is 1. The monoisotopic (exact) mass is 247 g/mol. The molecular formula is C12H19Cl2N. The molecule has 0 aliphatic heterocycles. The van der Waals surface area contributed by atoms with E-state index in [0.717, 1.165) is 24.8 Å². The number of alkyl halides is 1. The van der Waals surface area contributed by atoms with Gasteiger partial charge in [-0.1, -0.05) is 50.1 Å². The summed E-state index contributed by atoms with van der Waals surface area (Å²) in [6, 6.07) is 10.1. The normalized spacial score (nSPS) is 14.1. The summed E-state index contributed by atoms with van der Waals surface area (Å²) < 4.78 is 0.